The Bertz CT molecular complexity index is 312. The molecule has 0 saturated carbocycles. The Morgan fingerprint density at radius 1 is 1.29 bits per heavy atom. The number of hydrogen-bond acceptors (Lipinski definition) is 1. The van der Waals surface area contributed by atoms with E-state index in [0.29, 0.717) is 0 Å². The molecule has 0 spiro atoms. The predicted molar refractivity (Wildman–Crippen MR) is 58.9 cm³/mol. The number of carbonyl (C=O) groups excluding carboxylic acids is 1. The average Bonchev–Trinajstić information content (AvgIpc) is 2.45. The number of aryl methyl sites for hydroxylation is 1. The van der Waals surface area contributed by atoms with E-state index in [1.807, 2.05) is 13.8 Å². The molecular weight excluding hydrogens is 174 g/mol. The number of aromatic amines is 1. The second-order valence-electron chi connectivity index (χ2n) is 3.84. The molecule has 1 aromatic rings. The second kappa shape index (κ2) is 4.99. The van der Waals surface area contributed by atoms with Crippen LogP contribution in [0.5, 0.6) is 0 Å². The molecule has 78 valence electrons. The van der Waals surface area contributed by atoms with E-state index >= 15 is 0 Å². The highest BCUT2D eigenvalue weighted by atomic mass is 16.1. The second-order valence-corrected chi connectivity index (χ2v) is 3.84. The van der Waals surface area contributed by atoms with Crippen LogP contribution in [0.15, 0.2) is 0 Å². The summed E-state index contributed by atoms with van der Waals surface area (Å²) in [6.45, 7) is 6.27. The lowest BCUT2D eigenvalue weighted by Gasteiger charge is -2.01. The zero-order chi connectivity index (χ0) is 10.6. The molecule has 0 atom stereocenters. The van der Waals surface area contributed by atoms with Crippen molar-refractivity contribution in [3.05, 3.63) is 22.5 Å². The van der Waals surface area contributed by atoms with Crippen LogP contribution in [0.3, 0.4) is 0 Å². The number of aldehydes is 1. The fourth-order valence-electron chi connectivity index (χ4n) is 1.86. The fourth-order valence-corrected chi connectivity index (χ4v) is 1.86. The number of carbonyl (C=O) groups is 1. The van der Waals surface area contributed by atoms with Gasteiger partial charge in [-0.1, -0.05) is 19.8 Å². The van der Waals surface area contributed by atoms with Crippen LogP contribution in [0.4, 0.5) is 0 Å². The Kier molecular flexibility index (Phi) is 3.93. The van der Waals surface area contributed by atoms with E-state index in [0.717, 1.165) is 29.7 Å². The van der Waals surface area contributed by atoms with Gasteiger partial charge in [-0.2, -0.15) is 0 Å². The lowest BCUT2D eigenvalue weighted by molar-refractivity contribution is 0.111. The van der Waals surface area contributed by atoms with Crippen molar-refractivity contribution in [2.75, 3.05) is 0 Å². The van der Waals surface area contributed by atoms with Crippen LogP contribution in [0.1, 0.15) is 53.5 Å². The highest BCUT2D eigenvalue weighted by Crippen LogP contribution is 2.19. The first-order chi connectivity index (χ1) is 6.70. The summed E-state index contributed by atoms with van der Waals surface area (Å²) < 4.78 is 0. The zero-order valence-electron chi connectivity index (χ0n) is 9.31. The average molecular weight is 193 g/mol. The van der Waals surface area contributed by atoms with Gasteiger partial charge < -0.3 is 4.98 Å². The van der Waals surface area contributed by atoms with E-state index in [1.54, 1.807) is 0 Å². The summed E-state index contributed by atoms with van der Waals surface area (Å²) in [6, 6.07) is 0. The molecule has 1 heterocycles. The van der Waals surface area contributed by atoms with Crippen molar-refractivity contribution in [3.8, 4) is 0 Å². The van der Waals surface area contributed by atoms with Gasteiger partial charge in [0.05, 0.1) is 5.69 Å². The molecule has 14 heavy (non-hydrogen) atoms. The van der Waals surface area contributed by atoms with Crippen molar-refractivity contribution >= 4 is 6.29 Å². The predicted octanol–water partition coefficient (Wildman–Crippen LogP) is 3.18. The maximum absolute atomic E-state index is 10.7. The van der Waals surface area contributed by atoms with Gasteiger partial charge >= 0.3 is 0 Å². The van der Waals surface area contributed by atoms with E-state index < -0.39 is 0 Å². The van der Waals surface area contributed by atoms with E-state index in [9.17, 15) is 4.79 Å². The third kappa shape index (κ3) is 2.25. The largest absolute Gasteiger partial charge is 0.356 e. The molecule has 0 amide bonds. The zero-order valence-corrected chi connectivity index (χ0v) is 9.31. The van der Waals surface area contributed by atoms with Crippen LogP contribution < -0.4 is 0 Å². The van der Waals surface area contributed by atoms with Gasteiger partial charge in [-0.15, -0.1) is 0 Å². The third-order valence-electron chi connectivity index (χ3n) is 2.78. The molecule has 0 aliphatic rings. The van der Waals surface area contributed by atoms with Crippen molar-refractivity contribution in [1.82, 2.24) is 4.98 Å². The van der Waals surface area contributed by atoms with Gasteiger partial charge in [0.15, 0.2) is 6.29 Å². The minimum Gasteiger partial charge on any atom is -0.356 e. The first kappa shape index (κ1) is 11.0. The number of hydrogen-bond donors (Lipinski definition) is 1. The molecule has 2 heteroatoms. The van der Waals surface area contributed by atoms with Crippen LogP contribution in [-0.2, 0) is 6.42 Å². The Morgan fingerprint density at radius 3 is 2.50 bits per heavy atom. The van der Waals surface area contributed by atoms with Gasteiger partial charge in [0.1, 0.15) is 0 Å². The Labute approximate surface area is 85.7 Å². The van der Waals surface area contributed by atoms with Crippen molar-refractivity contribution in [1.29, 1.82) is 0 Å². The Morgan fingerprint density at radius 2 is 2.00 bits per heavy atom. The maximum atomic E-state index is 10.7. The van der Waals surface area contributed by atoms with E-state index in [1.165, 1.54) is 24.8 Å². The summed E-state index contributed by atoms with van der Waals surface area (Å²) in [7, 11) is 0. The van der Waals surface area contributed by atoms with Crippen LogP contribution >= 0.6 is 0 Å². The number of H-pyrrole nitrogens is 1. The number of aromatic nitrogens is 1. The number of nitrogens with one attached hydrogen (secondary N) is 1. The molecule has 0 saturated heterocycles. The fraction of sp³-hybridized carbons (Fsp3) is 0.583. The molecule has 1 N–H and O–H groups in total. The highest BCUT2D eigenvalue weighted by molar-refractivity contribution is 5.75. The van der Waals surface area contributed by atoms with Gasteiger partial charge in [0.25, 0.3) is 0 Å². The first-order valence-electron chi connectivity index (χ1n) is 5.34. The molecule has 0 aliphatic carbocycles. The normalized spacial score (nSPS) is 10.5. The number of unbranched alkanes of at least 4 members (excludes halogenated alkanes) is 2. The maximum Gasteiger partial charge on any atom is 0.166 e. The van der Waals surface area contributed by atoms with Crippen LogP contribution in [-0.4, -0.2) is 11.3 Å². The topological polar surface area (TPSA) is 32.9 Å². The van der Waals surface area contributed by atoms with Gasteiger partial charge in [0.2, 0.25) is 0 Å². The molecule has 0 bridgehead atoms. The molecule has 1 aromatic heterocycles. The monoisotopic (exact) mass is 193 g/mol. The lowest BCUT2D eigenvalue weighted by atomic mass is 10.0. The summed E-state index contributed by atoms with van der Waals surface area (Å²) in [5.74, 6) is 0. The third-order valence-corrected chi connectivity index (χ3v) is 2.78. The molecule has 0 aromatic carbocycles. The van der Waals surface area contributed by atoms with E-state index in [4.69, 9.17) is 0 Å². The molecule has 0 radical (unpaired) electrons. The first-order valence-corrected chi connectivity index (χ1v) is 5.34. The summed E-state index contributed by atoms with van der Waals surface area (Å²) in [6.07, 6.45) is 5.72. The molecule has 0 aliphatic heterocycles. The quantitative estimate of drug-likeness (QED) is 0.565. The minimum absolute atomic E-state index is 0.744. The number of rotatable bonds is 5. The molecule has 2 nitrogen and oxygen atoms in total. The Balaban J connectivity index is 2.75. The van der Waals surface area contributed by atoms with Crippen molar-refractivity contribution < 1.29 is 4.79 Å². The van der Waals surface area contributed by atoms with Crippen LogP contribution in [0.25, 0.3) is 0 Å². The van der Waals surface area contributed by atoms with Crippen molar-refractivity contribution in [2.45, 2.75) is 46.5 Å². The molecule has 1 rings (SSSR count). The smallest absolute Gasteiger partial charge is 0.166 e. The van der Waals surface area contributed by atoms with E-state index in [2.05, 4.69) is 11.9 Å². The van der Waals surface area contributed by atoms with Gasteiger partial charge in [-0.25, -0.2) is 0 Å². The highest BCUT2D eigenvalue weighted by Gasteiger charge is 2.09. The SMILES string of the molecule is CCCCCc1c(C)[nH]c(C=O)c1C. The minimum atomic E-state index is 0.744. The van der Waals surface area contributed by atoms with Gasteiger partial charge in [-0.3, -0.25) is 4.79 Å². The molecule has 0 unspecified atom stereocenters. The summed E-state index contributed by atoms with van der Waals surface area (Å²) in [5, 5.41) is 0. The summed E-state index contributed by atoms with van der Waals surface area (Å²) >= 11 is 0. The lowest BCUT2D eigenvalue weighted by Crippen LogP contribution is -1.89. The van der Waals surface area contributed by atoms with Crippen LogP contribution in [0.2, 0.25) is 0 Å². The molecular formula is C12H19NO. The summed E-state index contributed by atoms with van der Waals surface area (Å²) in [5.41, 5.74) is 4.36. The standard InChI is InChI=1S/C12H19NO/c1-4-5-6-7-11-9(2)12(8-14)13-10(11)3/h8,13H,4-7H2,1-3H3. The van der Waals surface area contributed by atoms with Crippen LogP contribution in [0, 0.1) is 13.8 Å². The van der Waals surface area contributed by atoms with E-state index in [-0.39, 0.29) is 0 Å². The van der Waals surface area contributed by atoms with Gasteiger partial charge in [-0.05, 0) is 37.8 Å². The Hall–Kier alpha value is -1.05. The van der Waals surface area contributed by atoms with Crippen molar-refractivity contribution in [2.24, 2.45) is 0 Å². The van der Waals surface area contributed by atoms with Crippen molar-refractivity contribution in [3.63, 3.8) is 0 Å². The molecule has 0 fully saturated rings. The summed E-state index contributed by atoms with van der Waals surface area (Å²) in [4.78, 5) is 13.8. The van der Waals surface area contributed by atoms with Gasteiger partial charge in [0, 0.05) is 5.69 Å².